The lowest BCUT2D eigenvalue weighted by Crippen LogP contribution is -2.51. The summed E-state index contributed by atoms with van der Waals surface area (Å²) >= 11 is 3.13. The average Bonchev–Trinajstić information content (AvgIpc) is 2.37. The monoisotopic (exact) mass is 350 g/mol. The molecule has 1 fully saturated rings. The first kappa shape index (κ1) is 14.7. The number of benzene rings is 1. The number of halogens is 2. The van der Waals surface area contributed by atoms with Crippen LogP contribution in [0.1, 0.15) is 12.8 Å². The Balaban J connectivity index is 2.17. The summed E-state index contributed by atoms with van der Waals surface area (Å²) in [5, 5.41) is 3.26. The van der Waals surface area contributed by atoms with Gasteiger partial charge in [0.15, 0.2) is 9.84 Å². The first-order chi connectivity index (χ1) is 8.86. The van der Waals surface area contributed by atoms with Gasteiger partial charge in [-0.05, 0) is 47.0 Å². The molecule has 1 heterocycles. The van der Waals surface area contributed by atoms with Gasteiger partial charge in [-0.1, -0.05) is 0 Å². The van der Waals surface area contributed by atoms with E-state index in [4.69, 9.17) is 5.73 Å². The van der Waals surface area contributed by atoms with E-state index in [2.05, 4.69) is 21.2 Å². The van der Waals surface area contributed by atoms with Gasteiger partial charge in [-0.3, -0.25) is 0 Å². The van der Waals surface area contributed by atoms with Crippen molar-refractivity contribution in [2.24, 2.45) is 5.73 Å². The normalized spacial score (nSPS) is 21.0. The maximum Gasteiger partial charge on any atom is 0.150 e. The number of nitrogens with one attached hydrogen (secondary N) is 1. The van der Waals surface area contributed by atoms with Gasteiger partial charge in [0.05, 0.1) is 21.5 Å². The molecule has 1 saturated heterocycles. The van der Waals surface area contributed by atoms with E-state index >= 15 is 0 Å². The number of hydrogen-bond acceptors (Lipinski definition) is 4. The van der Waals surface area contributed by atoms with E-state index in [0.29, 0.717) is 23.9 Å². The molecule has 0 atom stereocenters. The minimum absolute atomic E-state index is 0.138. The predicted molar refractivity (Wildman–Crippen MR) is 77.4 cm³/mol. The summed E-state index contributed by atoms with van der Waals surface area (Å²) in [7, 11) is -2.94. The van der Waals surface area contributed by atoms with Crippen molar-refractivity contribution < 1.29 is 12.8 Å². The highest BCUT2D eigenvalue weighted by atomic mass is 79.9. The topological polar surface area (TPSA) is 72.2 Å². The van der Waals surface area contributed by atoms with Gasteiger partial charge in [-0.15, -0.1) is 0 Å². The van der Waals surface area contributed by atoms with Crippen LogP contribution in [-0.2, 0) is 9.84 Å². The minimum Gasteiger partial charge on any atom is -0.378 e. The van der Waals surface area contributed by atoms with Crippen molar-refractivity contribution in [3.05, 3.63) is 28.5 Å². The molecule has 1 aliphatic rings. The molecule has 0 bridgehead atoms. The van der Waals surface area contributed by atoms with E-state index in [0.717, 1.165) is 5.69 Å². The molecule has 0 radical (unpaired) electrons. The van der Waals surface area contributed by atoms with E-state index in [9.17, 15) is 12.8 Å². The van der Waals surface area contributed by atoms with Crippen molar-refractivity contribution >= 4 is 31.5 Å². The van der Waals surface area contributed by atoms with Gasteiger partial charge in [0.1, 0.15) is 5.82 Å². The zero-order chi connectivity index (χ0) is 14.1. The summed E-state index contributed by atoms with van der Waals surface area (Å²) < 4.78 is 36.5. The van der Waals surface area contributed by atoms with Gasteiger partial charge < -0.3 is 11.1 Å². The number of anilines is 1. The fourth-order valence-corrected chi connectivity index (χ4v) is 4.18. The second-order valence-corrected chi connectivity index (χ2v) is 8.05. The summed E-state index contributed by atoms with van der Waals surface area (Å²) in [5.74, 6) is -0.0577. The van der Waals surface area contributed by atoms with Crippen LogP contribution in [-0.4, -0.2) is 32.0 Å². The molecular weight excluding hydrogens is 335 g/mol. The molecule has 1 aromatic rings. The van der Waals surface area contributed by atoms with E-state index in [-0.39, 0.29) is 17.3 Å². The Morgan fingerprint density at radius 3 is 2.53 bits per heavy atom. The van der Waals surface area contributed by atoms with Crippen LogP contribution in [0.15, 0.2) is 22.7 Å². The second kappa shape index (κ2) is 5.38. The van der Waals surface area contributed by atoms with Gasteiger partial charge in [0, 0.05) is 12.2 Å². The molecule has 4 nitrogen and oxygen atoms in total. The number of rotatable bonds is 3. The van der Waals surface area contributed by atoms with Crippen molar-refractivity contribution in [3.63, 3.8) is 0 Å². The molecule has 0 unspecified atom stereocenters. The highest BCUT2D eigenvalue weighted by molar-refractivity contribution is 9.10. The zero-order valence-corrected chi connectivity index (χ0v) is 12.7. The molecule has 0 spiro atoms. The quantitative estimate of drug-likeness (QED) is 0.873. The van der Waals surface area contributed by atoms with Crippen LogP contribution in [0.3, 0.4) is 0 Å². The van der Waals surface area contributed by atoms with Gasteiger partial charge in [0.2, 0.25) is 0 Å². The van der Waals surface area contributed by atoms with E-state index < -0.39 is 15.4 Å². The van der Waals surface area contributed by atoms with Crippen molar-refractivity contribution in [1.29, 1.82) is 0 Å². The van der Waals surface area contributed by atoms with Crippen LogP contribution < -0.4 is 11.1 Å². The highest BCUT2D eigenvalue weighted by Crippen LogP contribution is 2.29. The first-order valence-electron chi connectivity index (χ1n) is 6.00. The number of hydrogen-bond donors (Lipinski definition) is 2. The third-order valence-corrected chi connectivity index (χ3v) is 5.76. The Kier molecular flexibility index (Phi) is 4.17. The molecule has 19 heavy (non-hydrogen) atoms. The lowest BCUT2D eigenvalue weighted by molar-refractivity contribution is 0.426. The fourth-order valence-electron chi connectivity index (χ4n) is 2.19. The second-order valence-electron chi connectivity index (χ2n) is 4.89. The maximum atomic E-state index is 13.2. The van der Waals surface area contributed by atoms with Crippen molar-refractivity contribution in [2.45, 2.75) is 18.4 Å². The van der Waals surface area contributed by atoms with Crippen molar-refractivity contribution in [3.8, 4) is 0 Å². The largest absolute Gasteiger partial charge is 0.378 e. The molecule has 2 rings (SSSR count). The Morgan fingerprint density at radius 1 is 1.37 bits per heavy atom. The minimum atomic E-state index is -2.94. The van der Waals surface area contributed by atoms with Crippen LogP contribution in [0.5, 0.6) is 0 Å². The molecule has 0 amide bonds. The average molecular weight is 351 g/mol. The van der Waals surface area contributed by atoms with Gasteiger partial charge in [-0.25, -0.2) is 12.8 Å². The summed E-state index contributed by atoms with van der Waals surface area (Å²) in [6.45, 7) is 0.345. The third kappa shape index (κ3) is 3.46. The molecule has 0 aliphatic carbocycles. The molecule has 0 saturated carbocycles. The summed E-state index contributed by atoms with van der Waals surface area (Å²) in [4.78, 5) is 0. The zero-order valence-electron chi connectivity index (χ0n) is 10.3. The van der Waals surface area contributed by atoms with Gasteiger partial charge in [-0.2, -0.15) is 0 Å². The predicted octanol–water partition coefficient (Wildman–Crippen LogP) is 1.91. The van der Waals surface area contributed by atoms with Gasteiger partial charge in [0.25, 0.3) is 0 Å². The van der Waals surface area contributed by atoms with Crippen LogP contribution in [0.4, 0.5) is 10.1 Å². The van der Waals surface area contributed by atoms with Crippen molar-refractivity contribution in [1.82, 2.24) is 0 Å². The Bertz CT molecular complexity index is 563. The smallest absolute Gasteiger partial charge is 0.150 e. The van der Waals surface area contributed by atoms with Crippen molar-refractivity contribution in [2.75, 3.05) is 23.4 Å². The molecule has 1 aliphatic heterocycles. The Labute approximate surface area is 120 Å². The molecule has 3 N–H and O–H groups in total. The van der Waals surface area contributed by atoms with Crippen LogP contribution in [0.2, 0.25) is 0 Å². The standard InChI is InChI=1S/C12H16BrFN2O2S/c13-10-7-9(1-2-11(10)14)16-12(8-15)3-5-19(17,18)6-4-12/h1-2,7,16H,3-6,8,15H2. The van der Waals surface area contributed by atoms with E-state index in [1.165, 1.54) is 6.07 Å². The molecular formula is C12H16BrFN2O2S. The number of sulfone groups is 1. The van der Waals surface area contributed by atoms with Crippen LogP contribution in [0.25, 0.3) is 0 Å². The number of nitrogens with two attached hydrogens (primary N) is 1. The molecule has 106 valence electrons. The summed E-state index contributed by atoms with van der Waals surface area (Å²) in [5.41, 5.74) is 6.11. The fraction of sp³-hybridized carbons (Fsp3) is 0.500. The molecule has 0 aromatic heterocycles. The third-order valence-electron chi connectivity index (χ3n) is 3.50. The SMILES string of the molecule is NCC1(Nc2ccc(F)c(Br)c2)CCS(=O)(=O)CC1. The first-order valence-corrected chi connectivity index (χ1v) is 8.61. The van der Waals surface area contributed by atoms with Crippen LogP contribution in [0, 0.1) is 5.82 Å². The summed E-state index contributed by atoms with van der Waals surface area (Å²) in [6, 6.07) is 4.62. The lowest BCUT2D eigenvalue weighted by atomic mass is 9.92. The summed E-state index contributed by atoms with van der Waals surface area (Å²) in [6.07, 6.45) is 0.946. The van der Waals surface area contributed by atoms with Gasteiger partial charge >= 0.3 is 0 Å². The lowest BCUT2D eigenvalue weighted by Gasteiger charge is -2.37. The maximum absolute atomic E-state index is 13.2. The van der Waals surface area contributed by atoms with E-state index in [1.54, 1.807) is 12.1 Å². The molecule has 1 aromatic carbocycles. The Hall–Kier alpha value is -0.660. The Morgan fingerprint density at radius 2 is 2.00 bits per heavy atom. The van der Waals surface area contributed by atoms with Crippen LogP contribution >= 0.6 is 15.9 Å². The highest BCUT2D eigenvalue weighted by Gasteiger charge is 2.36. The molecule has 7 heteroatoms. The van der Waals surface area contributed by atoms with E-state index in [1.807, 2.05) is 0 Å².